The maximum absolute atomic E-state index is 14.8. The molecule has 3 atom stereocenters. The number of hydrogen-bond donors (Lipinski definition) is 1. The summed E-state index contributed by atoms with van der Waals surface area (Å²) in [6.45, 7) is 2.53. The molecule has 0 amide bonds. The van der Waals surface area contributed by atoms with E-state index in [9.17, 15) is 13.6 Å². The quantitative estimate of drug-likeness (QED) is 0.814. The van der Waals surface area contributed by atoms with Gasteiger partial charge in [-0.05, 0) is 36.8 Å². The Labute approximate surface area is 160 Å². The molecule has 0 saturated carbocycles. The average molecular weight is 387 g/mol. The molecule has 0 unspecified atom stereocenters. The molecule has 8 heteroatoms. The number of rotatable bonds is 4. The van der Waals surface area contributed by atoms with Crippen LogP contribution in [-0.2, 0) is 21.4 Å². The zero-order valence-electron chi connectivity index (χ0n) is 15.2. The van der Waals surface area contributed by atoms with Crippen LogP contribution in [0, 0.1) is 17.6 Å². The number of fused-ring (bicyclic) bond motifs is 1. The molecule has 0 bridgehead atoms. The van der Waals surface area contributed by atoms with Crippen molar-refractivity contribution in [1.29, 1.82) is 0 Å². The first-order valence-electron chi connectivity index (χ1n) is 8.90. The van der Waals surface area contributed by atoms with Crippen molar-refractivity contribution in [3.8, 4) is 0 Å². The second kappa shape index (κ2) is 6.94. The number of nitrogens with zero attached hydrogens (tertiary/aromatic N) is 2. The molecule has 1 aromatic carbocycles. The molecule has 0 spiro atoms. The second-order valence-corrected chi connectivity index (χ2v) is 7.17. The number of carbonyl (C=O) groups is 1. The summed E-state index contributed by atoms with van der Waals surface area (Å²) in [5, 5.41) is 0. The number of nitrogens with two attached hydrogens (primary N) is 1. The lowest BCUT2D eigenvalue weighted by molar-refractivity contribution is 0.0816. The number of ketones is 1. The largest absolute Gasteiger partial charge is 0.459 e. The summed E-state index contributed by atoms with van der Waals surface area (Å²) in [5.41, 5.74) is 5.93. The number of carbonyl (C=O) groups excluding carboxylic acids is 1. The summed E-state index contributed by atoms with van der Waals surface area (Å²) < 4.78 is 38.8. The molecule has 2 aliphatic heterocycles. The number of benzene rings is 1. The zero-order valence-corrected chi connectivity index (χ0v) is 15.2. The lowest BCUT2D eigenvalue weighted by Gasteiger charge is -2.38. The van der Waals surface area contributed by atoms with E-state index in [1.54, 1.807) is 19.1 Å². The van der Waals surface area contributed by atoms with E-state index in [1.165, 1.54) is 18.2 Å². The summed E-state index contributed by atoms with van der Waals surface area (Å²) in [7, 11) is 0. The topological polar surface area (TPSA) is 86.8 Å². The third-order valence-electron chi connectivity index (χ3n) is 5.32. The normalized spacial score (nSPS) is 26.3. The van der Waals surface area contributed by atoms with Crippen LogP contribution in [0.1, 0.15) is 28.5 Å². The smallest absolute Gasteiger partial charge is 0.283 e. The number of amidine groups is 1. The summed E-state index contributed by atoms with van der Waals surface area (Å²) >= 11 is 0. The third-order valence-corrected chi connectivity index (χ3v) is 5.32. The highest BCUT2D eigenvalue weighted by Gasteiger charge is 2.50. The molecule has 0 radical (unpaired) electrons. The molecule has 2 aromatic rings. The standard InChI is InChI=1S/C20H19F2N3O3/c1-20(14-9-27-10-18(14)28-19(23)25-20)13-6-11(2-4-15(13)22)7-17(26)16-5-3-12(21)8-24-16/h2-6,8,14,18H,7,9-10H2,1H3,(H2,23,25)/t14-,18+,20+/m0/s1. The third kappa shape index (κ3) is 3.24. The Balaban J connectivity index is 1.66. The van der Waals surface area contributed by atoms with Gasteiger partial charge in [0, 0.05) is 12.0 Å². The van der Waals surface area contributed by atoms with Crippen LogP contribution in [0.25, 0.3) is 0 Å². The van der Waals surface area contributed by atoms with Gasteiger partial charge in [0.1, 0.15) is 23.4 Å². The molecule has 4 rings (SSSR count). The molecular weight excluding hydrogens is 368 g/mol. The van der Waals surface area contributed by atoms with E-state index in [2.05, 4.69) is 9.98 Å². The van der Waals surface area contributed by atoms with Crippen LogP contribution in [0.2, 0.25) is 0 Å². The Morgan fingerprint density at radius 3 is 2.86 bits per heavy atom. The van der Waals surface area contributed by atoms with Crippen molar-refractivity contribution in [3.05, 3.63) is 65.0 Å². The molecule has 0 aliphatic carbocycles. The van der Waals surface area contributed by atoms with Gasteiger partial charge in [-0.3, -0.25) is 9.78 Å². The van der Waals surface area contributed by atoms with Crippen molar-refractivity contribution in [2.45, 2.75) is 25.0 Å². The Kier molecular flexibility index (Phi) is 4.58. The molecule has 1 saturated heterocycles. The first kappa shape index (κ1) is 18.5. The number of hydrogen-bond acceptors (Lipinski definition) is 6. The van der Waals surface area contributed by atoms with Gasteiger partial charge in [0.25, 0.3) is 6.02 Å². The van der Waals surface area contributed by atoms with Crippen molar-refractivity contribution < 1.29 is 23.0 Å². The van der Waals surface area contributed by atoms with Gasteiger partial charge in [0.15, 0.2) is 5.78 Å². The van der Waals surface area contributed by atoms with Gasteiger partial charge < -0.3 is 15.2 Å². The fourth-order valence-electron chi connectivity index (χ4n) is 3.82. The minimum Gasteiger partial charge on any atom is -0.459 e. The summed E-state index contributed by atoms with van der Waals surface area (Å²) in [5.74, 6) is -1.45. The molecular formula is C20H19F2N3O3. The van der Waals surface area contributed by atoms with Crippen LogP contribution < -0.4 is 5.73 Å². The highest BCUT2D eigenvalue weighted by Crippen LogP contribution is 2.43. The highest BCUT2D eigenvalue weighted by molar-refractivity contribution is 5.95. The summed E-state index contributed by atoms with van der Waals surface area (Å²) in [6, 6.07) is 6.97. The molecule has 3 heterocycles. The molecule has 2 N–H and O–H groups in total. The molecule has 28 heavy (non-hydrogen) atoms. The zero-order chi connectivity index (χ0) is 19.9. The average Bonchev–Trinajstić information content (AvgIpc) is 3.13. The number of Topliss-reactive ketones (excluding diaryl/α,β-unsaturated/α-hetero) is 1. The number of aromatic nitrogens is 1. The van der Waals surface area contributed by atoms with Crippen LogP contribution in [0.3, 0.4) is 0 Å². The molecule has 1 fully saturated rings. The SMILES string of the molecule is C[C@]1(c2cc(CC(=O)c3ccc(F)cn3)ccc2F)N=C(N)O[C@@H]2COC[C@@H]21. The Morgan fingerprint density at radius 1 is 1.29 bits per heavy atom. The van der Waals surface area contributed by atoms with Gasteiger partial charge in [-0.1, -0.05) is 6.07 Å². The van der Waals surface area contributed by atoms with Crippen molar-refractivity contribution in [2.75, 3.05) is 13.2 Å². The maximum atomic E-state index is 14.8. The second-order valence-electron chi connectivity index (χ2n) is 7.17. The van der Waals surface area contributed by atoms with Gasteiger partial charge in [-0.15, -0.1) is 0 Å². The lowest BCUT2D eigenvalue weighted by atomic mass is 9.77. The number of pyridine rings is 1. The lowest BCUT2D eigenvalue weighted by Crippen LogP contribution is -2.47. The van der Waals surface area contributed by atoms with Gasteiger partial charge >= 0.3 is 0 Å². The fourth-order valence-corrected chi connectivity index (χ4v) is 3.82. The van der Waals surface area contributed by atoms with E-state index in [1.807, 2.05) is 0 Å². The van der Waals surface area contributed by atoms with E-state index < -0.39 is 17.2 Å². The van der Waals surface area contributed by atoms with Crippen LogP contribution in [-0.4, -0.2) is 36.1 Å². The molecule has 146 valence electrons. The molecule has 6 nitrogen and oxygen atoms in total. The van der Waals surface area contributed by atoms with E-state index >= 15 is 0 Å². The van der Waals surface area contributed by atoms with E-state index in [-0.39, 0.29) is 35.9 Å². The fraction of sp³-hybridized carbons (Fsp3) is 0.350. The minimum absolute atomic E-state index is 0.00227. The number of ether oxygens (including phenoxy) is 2. The van der Waals surface area contributed by atoms with Gasteiger partial charge in [-0.2, -0.15) is 0 Å². The Bertz CT molecular complexity index is 948. The minimum atomic E-state index is -0.971. The molecule has 1 aromatic heterocycles. The first-order valence-corrected chi connectivity index (χ1v) is 8.90. The monoisotopic (exact) mass is 387 g/mol. The van der Waals surface area contributed by atoms with Crippen molar-refractivity contribution in [3.63, 3.8) is 0 Å². The Morgan fingerprint density at radius 2 is 2.11 bits per heavy atom. The van der Waals surface area contributed by atoms with Crippen molar-refractivity contribution in [1.82, 2.24) is 4.98 Å². The Hall–Kier alpha value is -2.87. The van der Waals surface area contributed by atoms with Crippen LogP contribution in [0.4, 0.5) is 8.78 Å². The summed E-state index contributed by atoms with van der Waals surface area (Å²) in [6.07, 6.45) is 0.697. The summed E-state index contributed by atoms with van der Waals surface area (Å²) in [4.78, 5) is 20.6. The van der Waals surface area contributed by atoms with Gasteiger partial charge in [0.05, 0.1) is 30.9 Å². The van der Waals surface area contributed by atoms with Crippen molar-refractivity contribution in [2.24, 2.45) is 16.6 Å². The number of aliphatic imine (C=N–C) groups is 1. The van der Waals surface area contributed by atoms with Crippen LogP contribution >= 0.6 is 0 Å². The van der Waals surface area contributed by atoms with E-state index in [0.717, 1.165) is 6.20 Å². The predicted molar refractivity (Wildman–Crippen MR) is 96.8 cm³/mol. The van der Waals surface area contributed by atoms with Gasteiger partial charge in [-0.25, -0.2) is 13.8 Å². The predicted octanol–water partition coefficient (Wildman–Crippen LogP) is 2.36. The van der Waals surface area contributed by atoms with Crippen molar-refractivity contribution >= 4 is 11.8 Å². The van der Waals surface area contributed by atoms with E-state index in [4.69, 9.17) is 15.2 Å². The van der Waals surface area contributed by atoms with Crippen LogP contribution in [0.5, 0.6) is 0 Å². The van der Waals surface area contributed by atoms with Crippen LogP contribution in [0.15, 0.2) is 41.5 Å². The van der Waals surface area contributed by atoms with Gasteiger partial charge in [0.2, 0.25) is 0 Å². The molecule has 2 aliphatic rings. The maximum Gasteiger partial charge on any atom is 0.283 e. The van der Waals surface area contributed by atoms with E-state index in [0.29, 0.717) is 24.3 Å². The highest BCUT2D eigenvalue weighted by atomic mass is 19.1. The first-order chi connectivity index (χ1) is 13.4. The number of halogens is 2.